The highest BCUT2D eigenvalue weighted by molar-refractivity contribution is 5.67. The summed E-state index contributed by atoms with van der Waals surface area (Å²) in [4.78, 5) is 14.4. The van der Waals surface area contributed by atoms with E-state index in [1.807, 2.05) is 20.8 Å². The minimum Gasteiger partial charge on any atom is -0.444 e. The molecule has 1 aliphatic carbocycles. The van der Waals surface area contributed by atoms with Gasteiger partial charge in [-0.05, 0) is 59.9 Å². The van der Waals surface area contributed by atoms with Crippen LogP contribution in [0, 0.1) is 5.92 Å². The molecule has 0 aromatic heterocycles. The Morgan fingerprint density at radius 1 is 1.30 bits per heavy atom. The number of hydrogen-bond acceptors (Lipinski definition) is 4. The van der Waals surface area contributed by atoms with Gasteiger partial charge >= 0.3 is 6.09 Å². The van der Waals surface area contributed by atoms with Crippen molar-refractivity contribution < 1.29 is 9.53 Å². The Bertz CT molecular complexity index is 378. The molecule has 2 fully saturated rings. The van der Waals surface area contributed by atoms with E-state index in [0.717, 1.165) is 6.54 Å². The lowest BCUT2D eigenvalue weighted by molar-refractivity contribution is 0.0517. The maximum Gasteiger partial charge on any atom is 0.407 e. The zero-order valence-electron chi connectivity index (χ0n) is 15.5. The molecular weight excluding hydrogens is 290 g/mol. The van der Waals surface area contributed by atoms with E-state index in [1.165, 1.54) is 32.1 Å². The fourth-order valence-electron chi connectivity index (χ4n) is 3.85. The Kier molecular flexibility index (Phi) is 6.32. The van der Waals surface area contributed by atoms with Gasteiger partial charge in [-0.25, -0.2) is 4.79 Å². The van der Waals surface area contributed by atoms with Crippen LogP contribution >= 0.6 is 0 Å². The number of likely N-dealkylation sites (tertiary alicyclic amines) is 1. The fraction of sp³-hybridized carbons (Fsp3) is 0.944. The van der Waals surface area contributed by atoms with E-state index in [4.69, 9.17) is 4.74 Å². The van der Waals surface area contributed by atoms with Crippen molar-refractivity contribution in [3.63, 3.8) is 0 Å². The van der Waals surface area contributed by atoms with Gasteiger partial charge in [0.1, 0.15) is 5.60 Å². The van der Waals surface area contributed by atoms with Gasteiger partial charge in [-0.1, -0.05) is 12.8 Å². The van der Waals surface area contributed by atoms with Gasteiger partial charge in [-0.15, -0.1) is 0 Å². The van der Waals surface area contributed by atoms with Gasteiger partial charge in [-0.2, -0.15) is 0 Å². The molecule has 3 atom stereocenters. The van der Waals surface area contributed by atoms with Gasteiger partial charge < -0.3 is 20.3 Å². The maximum absolute atomic E-state index is 11.9. The van der Waals surface area contributed by atoms with Gasteiger partial charge in [0.25, 0.3) is 0 Å². The molecule has 134 valence electrons. The Hall–Kier alpha value is -0.810. The molecule has 0 spiro atoms. The van der Waals surface area contributed by atoms with Crippen LogP contribution in [0.3, 0.4) is 0 Å². The largest absolute Gasteiger partial charge is 0.444 e. The topological polar surface area (TPSA) is 53.6 Å². The zero-order valence-corrected chi connectivity index (χ0v) is 15.5. The SMILES string of the molecule is CC1CC(NC(CNC(=O)OC(C)(C)C)C2CCCC2)CN1C. The van der Waals surface area contributed by atoms with Crippen molar-refractivity contribution >= 4 is 6.09 Å². The molecule has 1 aliphatic heterocycles. The lowest BCUT2D eigenvalue weighted by Crippen LogP contribution is -2.50. The summed E-state index contributed by atoms with van der Waals surface area (Å²) in [5.41, 5.74) is -0.441. The Morgan fingerprint density at radius 3 is 2.48 bits per heavy atom. The molecular formula is C18H35N3O2. The number of hydrogen-bond donors (Lipinski definition) is 2. The summed E-state index contributed by atoms with van der Waals surface area (Å²) in [5, 5.41) is 6.80. The summed E-state index contributed by atoms with van der Waals surface area (Å²) in [6.45, 7) is 9.73. The van der Waals surface area contributed by atoms with Crippen LogP contribution in [-0.4, -0.2) is 54.9 Å². The van der Waals surface area contributed by atoms with Gasteiger partial charge in [0.2, 0.25) is 0 Å². The zero-order chi connectivity index (χ0) is 17.0. The van der Waals surface area contributed by atoms with Crippen LogP contribution in [0.4, 0.5) is 4.79 Å². The number of amides is 1. The molecule has 2 aliphatic rings. The molecule has 3 unspecified atom stereocenters. The monoisotopic (exact) mass is 325 g/mol. The predicted octanol–water partition coefficient (Wildman–Crippen LogP) is 2.75. The molecule has 5 nitrogen and oxygen atoms in total. The third-order valence-electron chi connectivity index (χ3n) is 5.17. The van der Waals surface area contributed by atoms with Crippen LogP contribution in [0.2, 0.25) is 0 Å². The van der Waals surface area contributed by atoms with E-state index in [9.17, 15) is 4.79 Å². The van der Waals surface area contributed by atoms with Crippen molar-refractivity contribution in [2.24, 2.45) is 5.92 Å². The van der Waals surface area contributed by atoms with Gasteiger partial charge in [0, 0.05) is 31.2 Å². The van der Waals surface area contributed by atoms with Gasteiger partial charge in [0.05, 0.1) is 0 Å². The first-order chi connectivity index (χ1) is 10.7. The van der Waals surface area contributed by atoms with Crippen LogP contribution in [0.15, 0.2) is 0 Å². The number of nitrogens with zero attached hydrogens (tertiary/aromatic N) is 1. The molecule has 0 aromatic rings. The summed E-state index contributed by atoms with van der Waals surface area (Å²) < 4.78 is 5.37. The number of rotatable bonds is 5. The molecule has 1 heterocycles. The lowest BCUT2D eigenvalue weighted by atomic mass is 9.96. The fourth-order valence-corrected chi connectivity index (χ4v) is 3.85. The second-order valence-electron chi connectivity index (χ2n) is 8.42. The summed E-state index contributed by atoms with van der Waals surface area (Å²) in [5.74, 6) is 0.672. The Labute approximate surface area is 141 Å². The quantitative estimate of drug-likeness (QED) is 0.816. The Morgan fingerprint density at radius 2 is 1.96 bits per heavy atom. The highest BCUT2D eigenvalue weighted by Gasteiger charge is 2.32. The molecule has 1 saturated heterocycles. The molecule has 23 heavy (non-hydrogen) atoms. The lowest BCUT2D eigenvalue weighted by Gasteiger charge is -2.29. The van der Waals surface area contributed by atoms with Gasteiger partial charge in [0.15, 0.2) is 0 Å². The van der Waals surface area contributed by atoms with Crippen LogP contribution in [0.25, 0.3) is 0 Å². The van der Waals surface area contributed by atoms with E-state index in [2.05, 4.69) is 29.5 Å². The van der Waals surface area contributed by atoms with Crippen LogP contribution in [0.5, 0.6) is 0 Å². The molecule has 2 rings (SSSR count). The highest BCUT2D eigenvalue weighted by Crippen LogP contribution is 2.28. The molecule has 5 heteroatoms. The van der Waals surface area contributed by atoms with Crippen LogP contribution in [0.1, 0.15) is 59.8 Å². The van der Waals surface area contributed by atoms with Crippen molar-refractivity contribution in [1.82, 2.24) is 15.5 Å². The minimum absolute atomic E-state index is 0.306. The molecule has 0 aromatic carbocycles. The van der Waals surface area contributed by atoms with Crippen molar-refractivity contribution in [3.05, 3.63) is 0 Å². The van der Waals surface area contributed by atoms with E-state index < -0.39 is 5.60 Å². The predicted molar refractivity (Wildman–Crippen MR) is 93.6 cm³/mol. The minimum atomic E-state index is -0.441. The highest BCUT2D eigenvalue weighted by atomic mass is 16.6. The number of nitrogens with one attached hydrogen (secondary N) is 2. The second kappa shape index (κ2) is 7.84. The summed E-state index contributed by atoms with van der Waals surface area (Å²) in [6, 6.07) is 1.52. The van der Waals surface area contributed by atoms with Crippen molar-refractivity contribution in [2.45, 2.75) is 83.5 Å². The summed E-state index contributed by atoms with van der Waals surface area (Å²) >= 11 is 0. The third-order valence-corrected chi connectivity index (χ3v) is 5.17. The second-order valence-corrected chi connectivity index (χ2v) is 8.42. The number of ether oxygens (including phenoxy) is 1. The average Bonchev–Trinajstić information content (AvgIpc) is 3.03. The number of alkyl carbamates (subject to hydrolysis) is 1. The van der Waals surface area contributed by atoms with Crippen LogP contribution < -0.4 is 10.6 Å². The summed E-state index contributed by atoms with van der Waals surface area (Å²) in [7, 11) is 2.19. The first-order valence-corrected chi connectivity index (χ1v) is 9.18. The Balaban J connectivity index is 1.86. The number of carbonyl (C=O) groups is 1. The van der Waals surface area contributed by atoms with Gasteiger partial charge in [-0.3, -0.25) is 0 Å². The average molecular weight is 325 g/mol. The first kappa shape index (κ1) is 18.5. The maximum atomic E-state index is 11.9. The van der Waals surface area contributed by atoms with Crippen LogP contribution in [-0.2, 0) is 4.74 Å². The van der Waals surface area contributed by atoms with E-state index in [1.54, 1.807) is 0 Å². The van der Waals surface area contributed by atoms with Crippen molar-refractivity contribution in [2.75, 3.05) is 20.1 Å². The smallest absolute Gasteiger partial charge is 0.407 e. The summed E-state index contributed by atoms with van der Waals surface area (Å²) in [6.07, 6.45) is 6.05. The van der Waals surface area contributed by atoms with E-state index >= 15 is 0 Å². The molecule has 0 bridgehead atoms. The standard InChI is InChI=1S/C18H35N3O2/c1-13-10-15(12-21(13)5)20-16(14-8-6-7-9-14)11-19-17(22)23-18(2,3)4/h13-16,20H,6-12H2,1-5H3,(H,19,22). The number of likely N-dealkylation sites (N-methyl/N-ethyl adjacent to an activating group) is 1. The van der Waals surface area contributed by atoms with Crippen molar-refractivity contribution in [1.29, 1.82) is 0 Å². The van der Waals surface area contributed by atoms with E-state index in [-0.39, 0.29) is 6.09 Å². The third kappa shape index (κ3) is 5.96. The normalized spacial score (nSPS) is 28.0. The molecule has 0 radical (unpaired) electrons. The first-order valence-electron chi connectivity index (χ1n) is 9.18. The van der Waals surface area contributed by atoms with E-state index in [0.29, 0.717) is 30.6 Å². The van der Waals surface area contributed by atoms with Crippen molar-refractivity contribution in [3.8, 4) is 0 Å². The molecule has 1 amide bonds. The molecule has 1 saturated carbocycles. The molecule has 2 N–H and O–H groups in total. The number of carbonyl (C=O) groups excluding carboxylic acids is 1.